The van der Waals surface area contributed by atoms with Gasteiger partial charge in [-0.3, -0.25) is 4.79 Å². The molecule has 2 heterocycles. The van der Waals surface area contributed by atoms with E-state index in [-0.39, 0.29) is 11.8 Å². The number of hydrogen-bond acceptors (Lipinski definition) is 4. The van der Waals surface area contributed by atoms with Crippen LogP contribution in [-0.2, 0) is 4.79 Å². The number of amides is 1. The van der Waals surface area contributed by atoms with Gasteiger partial charge in [-0.05, 0) is 25.0 Å². The van der Waals surface area contributed by atoms with Crippen molar-refractivity contribution in [3.63, 3.8) is 0 Å². The molecule has 0 bridgehead atoms. The molecule has 0 spiro atoms. The standard InChI is InChI=1S/C15H14Cl3N3O2/c16-11-5-1-3-9(7-11)13-19-14(23-20-13)10-4-2-6-21(8-10)15(22)12(17)18/h1,3,5,7,10,12H,2,4,6,8H2/t10-/m0/s1. The first-order chi connectivity index (χ1) is 11.0. The summed E-state index contributed by atoms with van der Waals surface area (Å²) >= 11 is 17.3. The van der Waals surface area contributed by atoms with Crippen LogP contribution in [0.15, 0.2) is 28.8 Å². The molecule has 1 amide bonds. The van der Waals surface area contributed by atoms with Gasteiger partial charge in [-0.15, -0.1) is 0 Å². The number of alkyl halides is 2. The Hall–Kier alpha value is -1.30. The van der Waals surface area contributed by atoms with Crippen LogP contribution in [0.25, 0.3) is 11.4 Å². The first-order valence-corrected chi connectivity index (χ1v) is 8.46. The molecule has 0 aliphatic carbocycles. The summed E-state index contributed by atoms with van der Waals surface area (Å²) in [7, 11) is 0. The Morgan fingerprint density at radius 1 is 1.39 bits per heavy atom. The summed E-state index contributed by atoms with van der Waals surface area (Å²) in [6.07, 6.45) is 1.71. The minimum Gasteiger partial charge on any atom is -0.340 e. The van der Waals surface area contributed by atoms with Gasteiger partial charge in [0, 0.05) is 23.7 Å². The Morgan fingerprint density at radius 2 is 2.22 bits per heavy atom. The van der Waals surface area contributed by atoms with E-state index in [4.69, 9.17) is 39.3 Å². The van der Waals surface area contributed by atoms with E-state index in [1.807, 2.05) is 12.1 Å². The van der Waals surface area contributed by atoms with Gasteiger partial charge in [0.1, 0.15) is 0 Å². The monoisotopic (exact) mass is 373 g/mol. The number of likely N-dealkylation sites (tertiary alicyclic amines) is 1. The fraction of sp³-hybridized carbons (Fsp3) is 0.400. The first-order valence-electron chi connectivity index (χ1n) is 7.21. The van der Waals surface area contributed by atoms with Gasteiger partial charge in [-0.1, -0.05) is 52.1 Å². The highest BCUT2D eigenvalue weighted by Crippen LogP contribution is 2.29. The molecule has 23 heavy (non-hydrogen) atoms. The Bertz CT molecular complexity index is 705. The number of carbonyl (C=O) groups excluding carboxylic acids is 1. The number of hydrogen-bond donors (Lipinski definition) is 0. The van der Waals surface area contributed by atoms with E-state index in [9.17, 15) is 4.79 Å². The average molecular weight is 375 g/mol. The van der Waals surface area contributed by atoms with Crippen LogP contribution >= 0.6 is 34.8 Å². The van der Waals surface area contributed by atoms with Crippen LogP contribution in [0, 0.1) is 0 Å². The van der Waals surface area contributed by atoms with E-state index in [2.05, 4.69) is 10.1 Å². The predicted octanol–water partition coefficient (Wildman–Crippen LogP) is 3.90. The summed E-state index contributed by atoms with van der Waals surface area (Å²) in [5.74, 6) is 0.699. The molecule has 0 N–H and O–H groups in total. The van der Waals surface area contributed by atoms with Crippen molar-refractivity contribution in [2.75, 3.05) is 13.1 Å². The van der Waals surface area contributed by atoms with Crippen LogP contribution in [0.3, 0.4) is 0 Å². The normalized spacial score (nSPS) is 18.4. The maximum atomic E-state index is 11.9. The number of halogens is 3. The fourth-order valence-corrected chi connectivity index (χ4v) is 3.13. The summed E-state index contributed by atoms with van der Waals surface area (Å²) in [5, 5.41) is 4.62. The zero-order valence-corrected chi connectivity index (χ0v) is 14.4. The number of carbonyl (C=O) groups is 1. The van der Waals surface area contributed by atoms with Crippen LogP contribution in [0.4, 0.5) is 0 Å². The van der Waals surface area contributed by atoms with Gasteiger partial charge in [0.2, 0.25) is 11.7 Å². The molecule has 1 aromatic carbocycles. The molecule has 1 fully saturated rings. The number of rotatable bonds is 3. The molecule has 0 unspecified atom stereocenters. The fourth-order valence-electron chi connectivity index (χ4n) is 2.66. The maximum absolute atomic E-state index is 11.9. The van der Waals surface area contributed by atoms with Crippen molar-refractivity contribution in [3.8, 4) is 11.4 Å². The molecule has 5 nitrogen and oxygen atoms in total. The van der Waals surface area contributed by atoms with E-state index in [1.54, 1.807) is 17.0 Å². The first kappa shape index (κ1) is 16.6. The second-order valence-electron chi connectivity index (χ2n) is 5.39. The van der Waals surface area contributed by atoms with Crippen molar-refractivity contribution in [3.05, 3.63) is 35.2 Å². The molecule has 3 rings (SSSR count). The van der Waals surface area contributed by atoms with Crippen molar-refractivity contribution in [2.45, 2.75) is 23.6 Å². The summed E-state index contributed by atoms with van der Waals surface area (Å²) in [4.78, 5) is 17.0. The van der Waals surface area contributed by atoms with E-state index in [0.717, 1.165) is 18.4 Å². The lowest BCUT2D eigenvalue weighted by Gasteiger charge is -2.31. The van der Waals surface area contributed by atoms with Crippen LogP contribution in [0.2, 0.25) is 5.02 Å². The average Bonchev–Trinajstić information content (AvgIpc) is 3.04. The van der Waals surface area contributed by atoms with Gasteiger partial charge < -0.3 is 9.42 Å². The Labute approximate surface area is 148 Å². The smallest absolute Gasteiger partial charge is 0.255 e. The molecule has 2 aromatic rings. The third-order valence-electron chi connectivity index (χ3n) is 3.79. The highest BCUT2D eigenvalue weighted by atomic mass is 35.5. The van der Waals surface area contributed by atoms with Crippen molar-refractivity contribution >= 4 is 40.7 Å². The van der Waals surface area contributed by atoms with Gasteiger partial charge in [-0.25, -0.2) is 0 Å². The lowest BCUT2D eigenvalue weighted by molar-refractivity contribution is -0.130. The lowest BCUT2D eigenvalue weighted by Crippen LogP contribution is -2.41. The zero-order valence-electron chi connectivity index (χ0n) is 12.1. The van der Waals surface area contributed by atoms with Gasteiger partial charge in [0.15, 0.2) is 4.84 Å². The Kier molecular flexibility index (Phi) is 5.09. The van der Waals surface area contributed by atoms with Crippen LogP contribution in [-0.4, -0.2) is 38.9 Å². The maximum Gasteiger partial charge on any atom is 0.255 e. The molecule has 1 aliphatic heterocycles. The summed E-state index contributed by atoms with van der Waals surface area (Å²) in [5.41, 5.74) is 0.790. The van der Waals surface area contributed by atoms with E-state index in [1.165, 1.54) is 0 Å². The number of piperidine rings is 1. The summed E-state index contributed by atoms with van der Waals surface area (Å²) in [6.45, 7) is 1.12. The lowest BCUT2D eigenvalue weighted by atomic mass is 9.98. The molecule has 122 valence electrons. The highest BCUT2D eigenvalue weighted by Gasteiger charge is 2.30. The quantitative estimate of drug-likeness (QED) is 0.765. The van der Waals surface area contributed by atoms with Crippen LogP contribution in [0.5, 0.6) is 0 Å². The number of nitrogens with zero attached hydrogens (tertiary/aromatic N) is 3. The SMILES string of the molecule is O=C(C(Cl)Cl)N1CCC[C@H](c2nc(-c3cccc(Cl)c3)no2)C1. The van der Waals surface area contributed by atoms with Crippen molar-refractivity contribution in [2.24, 2.45) is 0 Å². The van der Waals surface area contributed by atoms with Gasteiger partial charge >= 0.3 is 0 Å². The predicted molar refractivity (Wildman–Crippen MR) is 88.8 cm³/mol. The number of aromatic nitrogens is 2. The number of benzene rings is 1. The molecule has 0 radical (unpaired) electrons. The van der Waals surface area contributed by atoms with Gasteiger partial charge in [0.25, 0.3) is 5.91 Å². The zero-order chi connectivity index (χ0) is 16.4. The second kappa shape index (κ2) is 7.07. The molecule has 0 saturated carbocycles. The Balaban J connectivity index is 1.76. The van der Waals surface area contributed by atoms with Gasteiger partial charge in [-0.2, -0.15) is 4.98 Å². The molecule has 1 aromatic heterocycles. The van der Waals surface area contributed by atoms with Crippen molar-refractivity contribution in [1.82, 2.24) is 15.0 Å². The molecule has 8 heteroatoms. The molecular weight excluding hydrogens is 361 g/mol. The third kappa shape index (κ3) is 3.79. The second-order valence-corrected chi connectivity index (χ2v) is 6.92. The molecular formula is C15H14Cl3N3O2. The van der Waals surface area contributed by atoms with Crippen molar-refractivity contribution < 1.29 is 9.32 Å². The van der Waals surface area contributed by atoms with Crippen LogP contribution in [0.1, 0.15) is 24.7 Å². The largest absolute Gasteiger partial charge is 0.340 e. The highest BCUT2D eigenvalue weighted by molar-refractivity contribution is 6.53. The Morgan fingerprint density at radius 3 is 2.96 bits per heavy atom. The minimum atomic E-state index is -1.04. The molecule has 1 saturated heterocycles. The topological polar surface area (TPSA) is 59.2 Å². The molecule has 1 atom stereocenters. The summed E-state index contributed by atoms with van der Waals surface area (Å²) < 4.78 is 5.38. The molecule has 1 aliphatic rings. The minimum absolute atomic E-state index is 0.0137. The van der Waals surface area contributed by atoms with Crippen molar-refractivity contribution in [1.29, 1.82) is 0 Å². The van der Waals surface area contributed by atoms with Gasteiger partial charge in [0.05, 0.1) is 5.92 Å². The van der Waals surface area contributed by atoms with Crippen LogP contribution < -0.4 is 0 Å². The third-order valence-corrected chi connectivity index (χ3v) is 4.40. The van der Waals surface area contributed by atoms with E-state index >= 15 is 0 Å². The van der Waals surface area contributed by atoms with E-state index < -0.39 is 4.84 Å². The van der Waals surface area contributed by atoms with E-state index in [0.29, 0.717) is 29.8 Å². The summed E-state index contributed by atoms with van der Waals surface area (Å²) in [6, 6.07) is 7.25.